The van der Waals surface area contributed by atoms with Crippen LogP contribution in [0.4, 0.5) is 5.69 Å². The molecular formula is C21H18N3O3P. The number of nitro benzene ring substituents is 1. The molecule has 3 aromatic rings. The Balaban J connectivity index is 2.14. The van der Waals surface area contributed by atoms with Crippen molar-refractivity contribution in [1.82, 2.24) is 5.09 Å². The van der Waals surface area contributed by atoms with E-state index in [2.05, 4.69) is 9.93 Å². The van der Waals surface area contributed by atoms with Crippen LogP contribution in [-0.2, 0) is 10.2 Å². The van der Waals surface area contributed by atoms with Crippen molar-refractivity contribution in [2.24, 2.45) is 0 Å². The van der Waals surface area contributed by atoms with Crippen LogP contribution in [0, 0.1) is 16.7 Å². The molecule has 7 heteroatoms. The molecule has 0 spiro atoms. The Morgan fingerprint density at radius 2 is 1.50 bits per heavy atom. The molecule has 0 heterocycles. The second kappa shape index (κ2) is 7.77. The minimum absolute atomic E-state index is 0.122. The van der Waals surface area contributed by atoms with Crippen molar-refractivity contribution in [2.45, 2.75) is 12.6 Å². The van der Waals surface area contributed by atoms with Gasteiger partial charge in [0.15, 0.2) is 0 Å². The Morgan fingerprint density at radius 1 is 0.964 bits per heavy atom. The fraction of sp³-hybridized carbons (Fsp3) is 0.0952. The molecule has 28 heavy (non-hydrogen) atoms. The molecule has 0 unspecified atom stereocenters. The Kier molecular flexibility index (Phi) is 5.41. The molecule has 0 amide bonds. The van der Waals surface area contributed by atoms with Crippen LogP contribution in [-0.4, -0.2) is 4.92 Å². The van der Waals surface area contributed by atoms with Crippen molar-refractivity contribution in [3.05, 3.63) is 112 Å². The largest absolute Gasteiger partial charge is 0.315 e. The summed E-state index contributed by atoms with van der Waals surface area (Å²) in [5.41, 5.74) is -1.17. The Labute approximate surface area is 163 Å². The van der Waals surface area contributed by atoms with E-state index in [1.165, 1.54) is 18.2 Å². The zero-order valence-corrected chi connectivity index (χ0v) is 16.0. The van der Waals surface area contributed by atoms with Crippen LogP contribution in [0.5, 0.6) is 0 Å². The SMILES string of the molecule is [C-]#[N+][C@](C)(NP(=O)(c1ccccc1)c1ccccc1)c1cccc([N+](=O)[O-])c1. The lowest BCUT2D eigenvalue weighted by Gasteiger charge is -2.27. The van der Waals surface area contributed by atoms with Gasteiger partial charge in [-0.15, -0.1) is 0 Å². The van der Waals surface area contributed by atoms with Gasteiger partial charge in [-0.25, -0.2) is 6.57 Å². The fourth-order valence-corrected chi connectivity index (χ4v) is 5.47. The fourth-order valence-electron chi connectivity index (χ4n) is 2.94. The molecule has 3 rings (SSSR count). The lowest BCUT2D eigenvalue weighted by Crippen LogP contribution is -2.40. The molecule has 0 radical (unpaired) electrons. The van der Waals surface area contributed by atoms with Crippen molar-refractivity contribution < 1.29 is 9.49 Å². The van der Waals surface area contributed by atoms with Gasteiger partial charge in [0.25, 0.3) is 5.69 Å². The standard InChI is InChI=1S/C21H18N3O3P/c1-21(22-2,17-10-9-11-18(16-17)24(25)26)23-28(27,19-12-5-3-6-13-19)20-14-7-4-8-15-20/h3-16H,1H3,(H,23,27)/t21-/m1/s1. The summed E-state index contributed by atoms with van der Waals surface area (Å²) in [4.78, 5) is 14.3. The molecule has 1 atom stereocenters. The van der Waals surface area contributed by atoms with Crippen LogP contribution in [0.3, 0.4) is 0 Å². The summed E-state index contributed by atoms with van der Waals surface area (Å²) in [7, 11) is -3.40. The number of hydrogen-bond donors (Lipinski definition) is 1. The van der Waals surface area contributed by atoms with E-state index in [9.17, 15) is 14.7 Å². The van der Waals surface area contributed by atoms with Gasteiger partial charge < -0.3 is 0 Å². The van der Waals surface area contributed by atoms with E-state index in [0.717, 1.165) is 0 Å². The van der Waals surface area contributed by atoms with Crippen LogP contribution in [0.1, 0.15) is 12.5 Å². The zero-order chi connectivity index (χ0) is 20.2. The molecule has 3 aromatic carbocycles. The second-order valence-corrected chi connectivity index (χ2v) is 8.86. The van der Waals surface area contributed by atoms with Crippen LogP contribution in [0.15, 0.2) is 84.9 Å². The Hall–Kier alpha value is -3.26. The maximum atomic E-state index is 14.2. The number of benzene rings is 3. The first kappa shape index (κ1) is 19.5. The summed E-state index contributed by atoms with van der Waals surface area (Å²) in [6, 6.07) is 23.6. The maximum absolute atomic E-state index is 14.2. The van der Waals surface area contributed by atoms with Gasteiger partial charge in [-0.1, -0.05) is 42.5 Å². The van der Waals surface area contributed by atoms with E-state index in [0.29, 0.717) is 16.2 Å². The number of nitro groups is 1. The molecule has 0 aliphatic rings. The van der Waals surface area contributed by atoms with Gasteiger partial charge in [0.05, 0.1) is 10.5 Å². The van der Waals surface area contributed by atoms with E-state index in [-0.39, 0.29) is 5.69 Å². The first-order valence-corrected chi connectivity index (χ1v) is 10.2. The minimum Gasteiger partial charge on any atom is -0.296 e. The molecule has 0 saturated carbocycles. The lowest BCUT2D eigenvalue weighted by molar-refractivity contribution is -0.385. The molecule has 0 aliphatic heterocycles. The average Bonchev–Trinajstić information content (AvgIpc) is 2.75. The zero-order valence-electron chi connectivity index (χ0n) is 15.1. The molecule has 140 valence electrons. The first-order chi connectivity index (χ1) is 13.4. The minimum atomic E-state index is -3.40. The molecule has 6 nitrogen and oxygen atoms in total. The van der Waals surface area contributed by atoms with Crippen molar-refractivity contribution in [3.8, 4) is 0 Å². The lowest BCUT2D eigenvalue weighted by atomic mass is 10.0. The van der Waals surface area contributed by atoms with Gasteiger partial charge >= 0.3 is 5.66 Å². The van der Waals surface area contributed by atoms with Gasteiger partial charge in [-0.3, -0.25) is 19.5 Å². The molecule has 0 saturated heterocycles. The van der Waals surface area contributed by atoms with Crippen LogP contribution >= 0.6 is 7.29 Å². The van der Waals surface area contributed by atoms with E-state index in [1.54, 1.807) is 61.5 Å². The third kappa shape index (κ3) is 3.72. The molecule has 0 fully saturated rings. The van der Waals surface area contributed by atoms with Gasteiger partial charge in [0.1, 0.15) is 0 Å². The third-order valence-electron chi connectivity index (χ3n) is 4.46. The van der Waals surface area contributed by atoms with E-state index < -0.39 is 17.9 Å². The van der Waals surface area contributed by atoms with Crippen molar-refractivity contribution in [2.75, 3.05) is 0 Å². The second-order valence-electron chi connectivity index (χ2n) is 6.38. The van der Waals surface area contributed by atoms with E-state index in [4.69, 9.17) is 6.57 Å². The summed E-state index contributed by atoms with van der Waals surface area (Å²) in [6.07, 6.45) is 0. The number of nitrogens with zero attached hydrogens (tertiary/aromatic N) is 2. The number of hydrogen-bond acceptors (Lipinski definition) is 3. The smallest absolute Gasteiger partial charge is 0.296 e. The summed E-state index contributed by atoms with van der Waals surface area (Å²) in [5.74, 6) is 0. The third-order valence-corrected chi connectivity index (χ3v) is 7.26. The average molecular weight is 391 g/mol. The normalized spacial score (nSPS) is 13.3. The van der Waals surface area contributed by atoms with E-state index in [1.807, 2.05) is 12.1 Å². The molecule has 1 N–H and O–H groups in total. The highest BCUT2D eigenvalue weighted by atomic mass is 31.2. The van der Waals surface area contributed by atoms with Crippen molar-refractivity contribution in [3.63, 3.8) is 0 Å². The van der Waals surface area contributed by atoms with Crippen LogP contribution in [0.25, 0.3) is 4.85 Å². The van der Waals surface area contributed by atoms with Crippen molar-refractivity contribution in [1.29, 1.82) is 0 Å². The number of nitrogens with one attached hydrogen (secondary N) is 1. The highest BCUT2D eigenvalue weighted by Crippen LogP contribution is 2.44. The van der Waals surface area contributed by atoms with Crippen LogP contribution < -0.4 is 15.7 Å². The monoisotopic (exact) mass is 391 g/mol. The van der Waals surface area contributed by atoms with Gasteiger partial charge in [-0.2, -0.15) is 5.09 Å². The van der Waals surface area contributed by atoms with E-state index >= 15 is 0 Å². The first-order valence-electron chi connectivity index (χ1n) is 8.53. The summed E-state index contributed by atoms with van der Waals surface area (Å²) in [5, 5.41) is 15.3. The summed E-state index contributed by atoms with van der Waals surface area (Å²) >= 11 is 0. The topological polar surface area (TPSA) is 76.6 Å². The summed E-state index contributed by atoms with van der Waals surface area (Å²) in [6.45, 7) is 9.33. The highest BCUT2D eigenvalue weighted by molar-refractivity contribution is 7.77. The number of rotatable bonds is 6. The van der Waals surface area contributed by atoms with Gasteiger partial charge in [-0.05, 0) is 30.3 Å². The maximum Gasteiger partial charge on any atom is 0.315 e. The predicted octanol–water partition coefficient (Wildman–Crippen LogP) is 4.21. The highest BCUT2D eigenvalue weighted by Gasteiger charge is 2.42. The van der Waals surface area contributed by atoms with Crippen molar-refractivity contribution >= 4 is 23.6 Å². The Morgan fingerprint density at radius 3 is 1.96 bits per heavy atom. The molecular weight excluding hydrogens is 373 g/mol. The van der Waals surface area contributed by atoms with Gasteiger partial charge in [0.2, 0.25) is 7.29 Å². The summed E-state index contributed by atoms with van der Waals surface area (Å²) < 4.78 is 14.2. The molecule has 0 aromatic heterocycles. The molecule has 0 bridgehead atoms. The molecule has 0 aliphatic carbocycles. The quantitative estimate of drug-likeness (QED) is 0.296. The Bertz CT molecular complexity index is 1040. The van der Waals surface area contributed by atoms with Gasteiger partial charge in [0, 0.05) is 29.7 Å². The van der Waals surface area contributed by atoms with Crippen LogP contribution in [0.2, 0.25) is 0 Å². The predicted molar refractivity (Wildman–Crippen MR) is 110 cm³/mol. The number of non-ortho nitro benzene ring substituents is 1.